The number of rotatable bonds is 4. The lowest BCUT2D eigenvalue weighted by Gasteiger charge is -2.23. The summed E-state index contributed by atoms with van der Waals surface area (Å²) < 4.78 is 27.0. The van der Waals surface area contributed by atoms with Crippen molar-refractivity contribution in [3.05, 3.63) is 15.8 Å². The van der Waals surface area contributed by atoms with Crippen molar-refractivity contribution in [1.29, 1.82) is 0 Å². The van der Waals surface area contributed by atoms with Crippen LogP contribution in [0.15, 0.2) is 11.0 Å². The number of thiophene rings is 1. The Morgan fingerprint density at radius 3 is 2.78 bits per heavy atom. The van der Waals surface area contributed by atoms with Crippen molar-refractivity contribution in [2.24, 2.45) is 0 Å². The first kappa shape index (κ1) is 14.0. The molecule has 1 N–H and O–H groups in total. The topological polar surface area (TPSA) is 49.4 Å². The molecular weight excluding hydrogens is 268 g/mol. The van der Waals surface area contributed by atoms with Crippen LogP contribution in [0.5, 0.6) is 0 Å². The SMILES string of the molecule is CNCC1CCCN1S(=O)(=O)c1cc(C)sc1C. The lowest BCUT2D eigenvalue weighted by molar-refractivity contribution is 0.379. The standard InChI is InChI=1S/C12H20N2O2S2/c1-9-7-12(10(2)17-9)18(15,16)14-6-4-5-11(14)8-13-3/h7,11,13H,4-6,8H2,1-3H3. The molecule has 0 radical (unpaired) electrons. The van der Waals surface area contributed by atoms with Gasteiger partial charge in [-0.3, -0.25) is 0 Å². The van der Waals surface area contributed by atoms with Crippen LogP contribution in [0, 0.1) is 13.8 Å². The lowest BCUT2D eigenvalue weighted by atomic mass is 10.2. The summed E-state index contributed by atoms with van der Waals surface area (Å²) in [4.78, 5) is 2.44. The number of nitrogens with one attached hydrogen (secondary N) is 1. The smallest absolute Gasteiger partial charge is 0.244 e. The Kier molecular flexibility index (Phi) is 4.11. The molecule has 1 aliphatic heterocycles. The molecule has 4 nitrogen and oxygen atoms in total. The van der Waals surface area contributed by atoms with Crippen molar-refractivity contribution in [2.75, 3.05) is 20.1 Å². The molecule has 1 unspecified atom stereocenters. The minimum Gasteiger partial charge on any atom is -0.318 e. The number of nitrogens with zero attached hydrogens (tertiary/aromatic N) is 1. The summed E-state index contributed by atoms with van der Waals surface area (Å²) in [6, 6.07) is 1.89. The van der Waals surface area contributed by atoms with E-state index in [1.807, 2.05) is 20.9 Å². The second kappa shape index (κ2) is 5.28. The molecule has 18 heavy (non-hydrogen) atoms. The zero-order valence-electron chi connectivity index (χ0n) is 11.1. The predicted octanol–water partition coefficient (Wildman–Crippen LogP) is 1.74. The van der Waals surface area contributed by atoms with E-state index in [4.69, 9.17) is 0 Å². The van der Waals surface area contributed by atoms with Crippen LogP contribution in [0.1, 0.15) is 22.6 Å². The highest BCUT2D eigenvalue weighted by molar-refractivity contribution is 7.89. The van der Waals surface area contributed by atoms with Gasteiger partial charge in [-0.2, -0.15) is 4.31 Å². The quantitative estimate of drug-likeness (QED) is 0.918. The van der Waals surface area contributed by atoms with E-state index in [0.717, 1.165) is 29.1 Å². The molecular formula is C12H20N2O2S2. The van der Waals surface area contributed by atoms with Crippen molar-refractivity contribution in [1.82, 2.24) is 9.62 Å². The minimum absolute atomic E-state index is 0.0969. The molecule has 1 aliphatic rings. The number of aryl methyl sites for hydroxylation is 2. The number of hydrogen-bond acceptors (Lipinski definition) is 4. The van der Waals surface area contributed by atoms with Crippen molar-refractivity contribution >= 4 is 21.4 Å². The van der Waals surface area contributed by atoms with Crippen LogP contribution < -0.4 is 5.32 Å². The fourth-order valence-corrected chi connectivity index (χ4v) is 5.77. The summed E-state index contributed by atoms with van der Waals surface area (Å²) in [7, 11) is -1.45. The first-order valence-electron chi connectivity index (χ1n) is 6.20. The monoisotopic (exact) mass is 288 g/mol. The maximum Gasteiger partial charge on any atom is 0.244 e. The van der Waals surface area contributed by atoms with E-state index < -0.39 is 10.0 Å². The van der Waals surface area contributed by atoms with Gasteiger partial charge in [0.2, 0.25) is 10.0 Å². The Morgan fingerprint density at radius 1 is 1.50 bits per heavy atom. The maximum atomic E-state index is 12.7. The van der Waals surface area contributed by atoms with Gasteiger partial charge in [-0.15, -0.1) is 11.3 Å². The first-order chi connectivity index (χ1) is 8.46. The largest absolute Gasteiger partial charge is 0.318 e. The van der Waals surface area contributed by atoms with Crippen molar-refractivity contribution in [3.63, 3.8) is 0 Å². The van der Waals surface area contributed by atoms with Gasteiger partial charge in [-0.05, 0) is 39.8 Å². The van der Waals surface area contributed by atoms with Gasteiger partial charge in [0.25, 0.3) is 0 Å². The minimum atomic E-state index is -3.32. The van der Waals surface area contributed by atoms with Gasteiger partial charge in [0.05, 0.1) is 4.90 Å². The molecule has 0 aromatic carbocycles. The summed E-state index contributed by atoms with van der Waals surface area (Å²) in [6.07, 6.45) is 1.90. The van der Waals surface area contributed by atoms with Gasteiger partial charge >= 0.3 is 0 Å². The molecule has 1 atom stereocenters. The van der Waals surface area contributed by atoms with Gasteiger partial charge in [-0.1, -0.05) is 0 Å². The molecule has 102 valence electrons. The van der Waals surface area contributed by atoms with Gasteiger partial charge in [0.15, 0.2) is 0 Å². The van der Waals surface area contributed by atoms with Crippen LogP contribution in [-0.2, 0) is 10.0 Å². The lowest BCUT2D eigenvalue weighted by Crippen LogP contribution is -2.40. The summed E-state index contributed by atoms with van der Waals surface area (Å²) in [5, 5.41) is 3.08. The van der Waals surface area contributed by atoms with E-state index in [1.165, 1.54) is 0 Å². The molecule has 0 saturated carbocycles. The van der Waals surface area contributed by atoms with E-state index in [-0.39, 0.29) is 6.04 Å². The van der Waals surface area contributed by atoms with Gasteiger partial charge in [0.1, 0.15) is 0 Å². The fraction of sp³-hybridized carbons (Fsp3) is 0.667. The molecule has 2 heterocycles. The average molecular weight is 288 g/mol. The number of likely N-dealkylation sites (N-methyl/N-ethyl adjacent to an activating group) is 1. The number of hydrogen-bond donors (Lipinski definition) is 1. The van der Waals surface area contributed by atoms with Crippen LogP contribution in [0.25, 0.3) is 0 Å². The summed E-state index contributed by atoms with van der Waals surface area (Å²) >= 11 is 1.55. The zero-order valence-corrected chi connectivity index (χ0v) is 12.7. The Bertz CT molecular complexity index is 522. The van der Waals surface area contributed by atoms with E-state index in [2.05, 4.69) is 5.32 Å². The van der Waals surface area contributed by atoms with Gasteiger partial charge in [-0.25, -0.2) is 8.42 Å². The third kappa shape index (κ3) is 2.47. The third-order valence-corrected chi connectivity index (χ3v) is 6.52. The second-order valence-corrected chi connectivity index (χ2v) is 8.07. The molecule has 0 bridgehead atoms. The van der Waals surface area contributed by atoms with Crippen LogP contribution in [-0.4, -0.2) is 38.9 Å². The Hall–Kier alpha value is -0.430. The molecule has 1 saturated heterocycles. The molecule has 0 aliphatic carbocycles. The maximum absolute atomic E-state index is 12.7. The first-order valence-corrected chi connectivity index (χ1v) is 8.46. The van der Waals surface area contributed by atoms with Crippen LogP contribution >= 0.6 is 11.3 Å². The fourth-order valence-electron chi connectivity index (χ4n) is 2.56. The second-order valence-electron chi connectivity index (χ2n) is 4.75. The normalized spacial score (nSPS) is 21.6. The molecule has 0 amide bonds. The van der Waals surface area contributed by atoms with E-state index in [0.29, 0.717) is 11.4 Å². The highest BCUT2D eigenvalue weighted by Gasteiger charge is 2.36. The Balaban J connectivity index is 2.33. The summed E-state index contributed by atoms with van der Waals surface area (Å²) in [5.41, 5.74) is 0. The number of sulfonamides is 1. The van der Waals surface area contributed by atoms with Crippen molar-refractivity contribution < 1.29 is 8.42 Å². The van der Waals surface area contributed by atoms with E-state index >= 15 is 0 Å². The Morgan fingerprint density at radius 2 is 2.22 bits per heavy atom. The molecule has 1 aromatic heterocycles. The zero-order chi connectivity index (χ0) is 13.3. The molecule has 0 spiro atoms. The Labute approximate surface area is 113 Å². The summed E-state index contributed by atoms with van der Waals surface area (Å²) in [5.74, 6) is 0. The van der Waals surface area contributed by atoms with Crippen LogP contribution in [0.2, 0.25) is 0 Å². The molecule has 1 aromatic rings. The van der Waals surface area contributed by atoms with Crippen LogP contribution in [0.4, 0.5) is 0 Å². The average Bonchev–Trinajstić information content (AvgIpc) is 2.86. The summed E-state index contributed by atoms with van der Waals surface area (Å²) in [6.45, 7) is 5.20. The van der Waals surface area contributed by atoms with Crippen molar-refractivity contribution in [3.8, 4) is 0 Å². The third-order valence-electron chi connectivity index (χ3n) is 3.34. The molecule has 2 rings (SSSR count). The van der Waals surface area contributed by atoms with Crippen LogP contribution in [0.3, 0.4) is 0 Å². The predicted molar refractivity (Wildman–Crippen MR) is 74.6 cm³/mol. The van der Waals surface area contributed by atoms with Gasteiger partial charge in [0, 0.05) is 28.9 Å². The highest BCUT2D eigenvalue weighted by atomic mass is 32.2. The molecule has 6 heteroatoms. The van der Waals surface area contributed by atoms with Crippen molar-refractivity contribution in [2.45, 2.75) is 37.6 Å². The van der Waals surface area contributed by atoms with E-state index in [1.54, 1.807) is 21.7 Å². The molecule has 1 fully saturated rings. The van der Waals surface area contributed by atoms with Gasteiger partial charge < -0.3 is 5.32 Å². The highest BCUT2D eigenvalue weighted by Crippen LogP contribution is 2.31. The van der Waals surface area contributed by atoms with E-state index in [9.17, 15) is 8.42 Å².